The Kier molecular flexibility index (Phi) is 3.49. The van der Waals surface area contributed by atoms with E-state index in [-0.39, 0.29) is 12.6 Å². The molecule has 0 aliphatic heterocycles. The van der Waals surface area contributed by atoms with Gasteiger partial charge < -0.3 is 11.1 Å². The van der Waals surface area contributed by atoms with Gasteiger partial charge in [0, 0.05) is 12.6 Å². The highest BCUT2D eigenvalue weighted by Crippen LogP contribution is 2.18. The maximum absolute atomic E-state index is 12.8. The molecule has 1 rings (SSSR count). The number of rotatable bonds is 3. The van der Waals surface area contributed by atoms with Crippen LogP contribution in [-0.4, -0.2) is 13.6 Å². The first-order valence-corrected chi connectivity index (χ1v) is 4.12. The minimum atomic E-state index is -1.46. The molecule has 14 heavy (non-hydrogen) atoms. The van der Waals surface area contributed by atoms with Gasteiger partial charge in [-0.1, -0.05) is 0 Å². The van der Waals surface area contributed by atoms with E-state index in [0.29, 0.717) is 5.56 Å². The topological polar surface area (TPSA) is 38.0 Å². The SMILES string of the molecule is CNC(CN)c1cc(F)c(F)c(F)c1. The molecule has 0 saturated heterocycles. The second kappa shape index (κ2) is 4.43. The average Bonchev–Trinajstić information content (AvgIpc) is 2.16. The van der Waals surface area contributed by atoms with Crippen LogP contribution in [0.15, 0.2) is 12.1 Å². The Morgan fingerprint density at radius 2 is 1.79 bits per heavy atom. The van der Waals surface area contributed by atoms with E-state index >= 15 is 0 Å². The van der Waals surface area contributed by atoms with E-state index < -0.39 is 17.5 Å². The molecule has 0 aliphatic carbocycles. The molecule has 0 saturated carbocycles. The number of nitrogens with two attached hydrogens (primary N) is 1. The summed E-state index contributed by atoms with van der Waals surface area (Å²) in [6.07, 6.45) is 0. The predicted octanol–water partition coefficient (Wildman–Crippen LogP) is 1.32. The maximum Gasteiger partial charge on any atom is 0.194 e. The normalized spacial score (nSPS) is 12.9. The van der Waals surface area contributed by atoms with Crippen LogP contribution in [0.5, 0.6) is 0 Å². The lowest BCUT2D eigenvalue weighted by molar-refractivity contribution is 0.441. The van der Waals surface area contributed by atoms with Gasteiger partial charge in [0.1, 0.15) is 0 Å². The molecule has 3 N–H and O–H groups in total. The molecule has 0 aliphatic rings. The van der Waals surface area contributed by atoms with Gasteiger partial charge in [0.25, 0.3) is 0 Å². The summed E-state index contributed by atoms with van der Waals surface area (Å²) in [5.74, 6) is -3.86. The van der Waals surface area contributed by atoms with Crippen molar-refractivity contribution >= 4 is 0 Å². The molecular formula is C9H11F3N2. The summed E-state index contributed by atoms with van der Waals surface area (Å²) in [5.41, 5.74) is 5.65. The minimum Gasteiger partial charge on any atom is -0.329 e. The van der Waals surface area contributed by atoms with Crippen molar-refractivity contribution in [2.45, 2.75) is 6.04 Å². The van der Waals surface area contributed by atoms with Crippen molar-refractivity contribution in [2.24, 2.45) is 5.73 Å². The molecular weight excluding hydrogens is 193 g/mol. The zero-order chi connectivity index (χ0) is 10.7. The second-order valence-electron chi connectivity index (χ2n) is 2.88. The highest BCUT2D eigenvalue weighted by atomic mass is 19.2. The summed E-state index contributed by atoms with van der Waals surface area (Å²) in [5, 5.41) is 2.76. The third-order valence-corrected chi connectivity index (χ3v) is 1.99. The molecule has 0 radical (unpaired) electrons. The molecule has 1 aromatic carbocycles. The molecule has 0 bridgehead atoms. The lowest BCUT2D eigenvalue weighted by Gasteiger charge is -2.14. The predicted molar refractivity (Wildman–Crippen MR) is 47.2 cm³/mol. The molecule has 1 unspecified atom stereocenters. The fourth-order valence-electron chi connectivity index (χ4n) is 1.20. The number of hydrogen-bond donors (Lipinski definition) is 2. The van der Waals surface area contributed by atoms with Crippen molar-refractivity contribution in [3.05, 3.63) is 35.1 Å². The van der Waals surface area contributed by atoms with Gasteiger partial charge in [-0.25, -0.2) is 13.2 Å². The van der Waals surface area contributed by atoms with E-state index in [2.05, 4.69) is 5.32 Å². The smallest absolute Gasteiger partial charge is 0.194 e. The second-order valence-corrected chi connectivity index (χ2v) is 2.88. The number of halogens is 3. The molecule has 1 aromatic rings. The Labute approximate surface area is 79.9 Å². The number of benzene rings is 1. The zero-order valence-electron chi connectivity index (χ0n) is 7.65. The van der Waals surface area contributed by atoms with Crippen LogP contribution in [0.3, 0.4) is 0 Å². The van der Waals surface area contributed by atoms with Crippen molar-refractivity contribution in [3.63, 3.8) is 0 Å². The molecule has 0 fully saturated rings. The first-order valence-electron chi connectivity index (χ1n) is 4.12. The molecule has 1 atom stereocenters. The zero-order valence-corrected chi connectivity index (χ0v) is 7.65. The van der Waals surface area contributed by atoms with Crippen LogP contribution < -0.4 is 11.1 Å². The average molecular weight is 204 g/mol. The minimum absolute atomic E-state index is 0.182. The molecule has 78 valence electrons. The standard InChI is InChI=1S/C9H11F3N2/c1-14-8(4-13)5-2-6(10)9(12)7(11)3-5/h2-3,8,14H,4,13H2,1H3. The molecule has 0 amide bonds. The summed E-state index contributed by atoms with van der Waals surface area (Å²) in [6.45, 7) is 0.182. The third kappa shape index (κ3) is 2.05. The fraction of sp³-hybridized carbons (Fsp3) is 0.333. The van der Waals surface area contributed by atoms with E-state index in [1.165, 1.54) is 0 Å². The van der Waals surface area contributed by atoms with Crippen molar-refractivity contribution in [2.75, 3.05) is 13.6 Å². The van der Waals surface area contributed by atoms with Crippen LogP contribution >= 0.6 is 0 Å². The van der Waals surface area contributed by atoms with Crippen molar-refractivity contribution in [1.82, 2.24) is 5.32 Å². The highest BCUT2D eigenvalue weighted by molar-refractivity contribution is 5.22. The quantitative estimate of drug-likeness (QED) is 0.729. The summed E-state index contributed by atoms with van der Waals surface area (Å²) in [4.78, 5) is 0. The first kappa shape index (κ1) is 11.0. The summed E-state index contributed by atoms with van der Waals surface area (Å²) < 4.78 is 38.2. The van der Waals surface area contributed by atoms with Crippen LogP contribution in [0.2, 0.25) is 0 Å². The number of likely N-dealkylation sites (N-methyl/N-ethyl adjacent to an activating group) is 1. The van der Waals surface area contributed by atoms with Crippen molar-refractivity contribution in [1.29, 1.82) is 0 Å². The molecule has 5 heteroatoms. The molecule has 2 nitrogen and oxygen atoms in total. The summed E-state index contributed by atoms with van der Waals surface area (Å²) in [7, 11) is 1.61. The van der Waals surface area contributed by atoms with Crippen LogP contribution in [-0.2, 0) is 0 Å². The lowest BCUT2D eigenvalue weighted by Crippen LogP contribution is -2.25. The van der Waals surface area contributed by atoms with Gasteiger partial charge in [0.05, 0.1) is 0 Å². The Balaban J connectivity index is 3.11. The van der Waals surface area contributed by atoms with Gasteiger partial charge in [0.15, 0.2) is 17.5 Å². The summed E-state index contributed by atoms with van der Waals surface area (Å²) in [6, 6.07) is 1.50. The van der Waals surface area contributed by atoms with Crippen LogP contribution in [0, 0.1) is 17.5 Å². The van der Waals surface area contributed by atoms with Gasteiger partial charge in [-0.3, -0.25) is 0 Å². The Hall–Kier alpha value is -1.07. The number of nitrogens with one attached hydrogen (secondary N) is 1. The van der Waals surface area contributed by atoms with Crippen molar-refractivity contribution < 1.29 is 13.2 Å². The highest BCUT2D eigenvalue weighted by Gasteiger charge is 2.14. The van der Waals surface area contributed by atoms with Gasteiger partial charge in [-0.05, 0) is 24.7 Å². The first-order chi connectivity index (χ1) is 6.60. The largest absolute Gasteiger partial charge is 0.329 e. The van der Waals surface area contributed by atoms with Gasteiger partial charge in [-0.2, -0.15) is 0 Å². The lowest BCUT2D eigenvalue weighted by atomic mass is 10.1. The van der Waals surface area contributed by atoms with Crippen LogP contribution in [0.25, 0.3) is 0 Å². The van der Waals surface area contributed by atoms with Gasteiger partial charge in [0.2, 0.25) is 0 Å². The molecule has 0 spiro atoms. The van der Waals surface area contributed by atoms with E-state index in [9.17, 15) is 13.2 Å². The van der Waals surface area contributed by atoms with Gasteiger partial charge >= 0.3 is 0 Å². The van der Waals surface area contributed by atoms with Crippen molar-refractivity contribution in [3.8, 4) is 0 Å². The van der Waals surface area contributed by atoms with Crippen LogP contribution in [0.1, 0.15) is 11.6 Å². The van der Waals surface area contributed by atoms with E-state index in [1.54, 1.807) is 7.05 Å². The third-order valence-electron chi connectivity index (χ3n) is 1.99. The van der Waals surface area contributed by atoms with E-state index in [0.717, 1.165) is 12.1 Å². The Morgan fingerprint density at radius 1 is 1.29 bits per heavy atom. The molecule has 0 heterocycles. The fourth-order valence-corrected chi connectivity index (χ4v) is 1.20. The van der Waals surface area contributed by atoms with Crippen LogP contribution in [0.4, 0.5) is 13.2 Å². The monoisotopic (exact) mass is 204 g/mol. The number of hydrogen-bond acceptors (Lipinski definition) is 2. The van der Waals surface area contributed by atoms with Gasteiger partial charge in [-0.15, -0.1) is 0 Å². The Morgan fingerprint density at radius 3 is 2.14 bits per heavy atom. The Bertz CT molecular complexity index is 301. The van der Waals surface area contributed by atoms with E-state index in [1.807, 2.05) is 0 Å². The molecule has 0 aromatic heterocycles. The maximum atomic E-state index is 12.8. The van der Waals surface area contributed by atoms with E-state index in [4.69, 9.17) is 5.73 Å². The summed E-state index contributed by atoms with van der Waals surface area (Å²) >= 11 is 0.